The summed E-state index contributed by atoms with van der Waals surface area (Å²) in [7, 11) is 0. The van der Waals surface area contributed by atoms with E-state index >= 15 is 0 Å². The van der Waals surface area contributed by atoms with Crippen molar-refractivity contribution in [3.05, 3.63) is 130 Å². The van der Waals surface area contributed by atoms with Crippen LogP contribution in [0.5, 0.6) is 0 Å². The van der Waals surface area contributed by atoms with Crippen LogP contribution in [0.3, 0.4) is 0 Å². The number of amides is 5. The number of carbonyl (C=O) groups excluding carboxylic acids is 5. The first-order valence-electron chi connectivity index (χ1n) is 21.2. The second-order valence-corrected chi connectivity index (χ2v) is 17.3. The number of nitrogens with one attached hydrogen (secondary N) is 5. The first-order chi connectivity index (χ1) is 30.9. The Bertz CT molecular complexity index is 2630. The van der Waals surface area contributed by atoms with E-state index in [1.807, 2.05) is 35.2 Å². The van der Waals surface area contributed by atoms with Crippen LogP contribution < -0.4 is 26.6 Å². The Kier molecular flexibility index (Phi) is 11.7. The smallest absolute Gasteiger partial charge is 0.257 e. The number of fused-ring (bicyclic) bond motifs is 1. The zero-order valence-electron chi connectivity index (χ0n) is 34.6. The van der Waals surface area contributed by atoms with Crippen LogP contribution >= 0.6 is 11.6 Å². The fraction of sp³-hybridized carbons (Fsp3) is 0.298. The van der Waals surface area contributed by atoms with Gasteiger partial charge in [-0.05, 0) is 110 Å². The number of aliphatic hydroxyl groups is 1. The van der Waals surface area contributed by atoms with E-state index in [1.54, 1.807) is 60.7 Å². The molecule has 5 aromatic rings. The van der Waals surface area contributed by atoms with Crippen LogP contribution in [-0.4, -0.2) is 80.1 Å². The molecule has 6 N–H and O–H groups in total. The lowest BCUT2D eigenvalue weighted by molar-refractivity contribution is -0.139. The fourth-order valence-corrected chi connectivity index (χ4v) is 9.45. The number of likely N-dealkylation sites (tertiary alicyclic amines) is 1. The van der Waals surface area contributed by atoms with E-state index in [4.69, 9.17) is 11.6 Å². The van der Waals surface area contributed by atoms with E-state index in [-0.39, 0.29) is 54.2 Å². The van der Waals surface area contributed by atoms with E-state index < -0.39 is 29.9 Å². The first-order valence-corrected chi connectivity index (χ1v) is 21.6. The molecule has 2 saturated heterocycles. The summed E-state index contributed by atoms with van der Waals surface area (Å²) < 4.78 is 14.7. The highest BCUT2D eigenvalue weighted by molar-refractivity contribution is 6.33. The van der Waals surface area contributed by atoms with Gasteiger partial charge in [0.1, 0.15) is 6.04 Å². The standard InChI is InChI=1S/C47H45ClFN9O6/c48-33-5-1-2-6-35(33)54-42(61)29-10-14-30(15-11-29)52-41-34(49)26-51-46(56-41)53-31-12-8-27(9-13-31)22-39(60)57-20-18-47(19-21-57)23-28(24-47)25-50-36-7-3-4-32-40(36)45(64)58(44(32)63)37-16-17-38(59)55-43(37)62/h1-15,26,28,37,45,50,64H,16-25H2,(H,54,61)(H,55,59,62)(H2,51,52,53,56). The highest BCUT2D eigenvalue weighted by atomic mass is 35.5. The minimum Gasteiger partial charge on any atom is -0.384 e. The summed E-state index contributed by atoms with van der Waals surface area (Å²) in [6, 6.07) is 25.1. The number of anilines is 6. The summed E-state index contributed by atoms with van der Waals surface area (Å²) in [6.07, 6.45) is 4.18. The molecule has 3 aliphatic heterocycles. The van der Waals surface area contributed by atoms with Gasteiger partial charge in [0.25, 0.3) is 11.8 Å². The second kappa shape index (κ2) is 17.7. The van der Waals surface area contributed by atoms with E-state index in [1.165, 1.54) is 4.90 Å². The Labute approximate surface area is 372 Å². The Morgan fingerprint density at radius 1 is 0.891 bits per heavy atom. The van der Waals surface area contributed by atoms with Crippen molar-refractivity contribution < 1.29 is 33.5 Å². The SMILES string of the molecule is O=C1CCC(N2C(=O)c3cccc(NCC4CC5(CCN(C(=O)Cc6ccc(Nc7ncc(F)c(Nc8ccc(C(=O)Nc9ccccc9Cl)cc8)n7)cc6)CC5)C4)c3C2O)C(=O)N1. The van der Waals surface area contributed by atoms with Crippen molar-refractivity contribution in [1.29, 1.82) is 0 Å². The van der Waals surface area contributed by atoms with Crippen molar-refractivity contribution in [3.8, 4) is 0 Å². The number of hydrogen-bond donors (Lipinski definition) is 6. The van der Waals surface area contributed by atoms with Gasteiger partial charge in [-0.2, -0.15) is 4.98 Å². The molecule has 64 heavy (non-hydrogen) atoms. The van der Waals surface area contributed by atoms with Gasteiger partial charge in [-0.15, -0.1) is 0 Å². The summed E-state index contributed by atoms with van der Waals surface area (Å²) in [5.41, 5.74) is 4.55. The number of aromatic nitrogens is 2. The number of para-hydroxylation sites is 1. The molecule has 2 unspecified atom stereocenters. The molecule has 4 heterocycles. The number of hydrogen-bond acceptors (Lipinski definition) is 11. The summed E-state index contributed by atoms with van der Waals surface area (Å²) >= 11 is 6.15. The lowest BCUT2D eigenvalue weighted by atomic mass is 9.57. The third-order valence-corrected chi connectivity index (χ3v) is 13.0. The zero-order valence-corrected chi connectivity index (χ0v) is 35.3. The molecule has 3 fully saturated rings. The number of piperidine rings is 2. The average Bonchev–Trinajstić information content (AvgIpc) is 3.53. The largest absolute Gasteiger partial charge is 0.384 e. The van der Waals surface area contributed by atoms with Gasteiger partial charge in [0.15, 0.2) is 17.9 Å². The number of benzene rings is 4. The van der Waals surface area contributed by atoms with Crippen LogP contribution in [0.2, 0.25) is 5.02 Å². The molecule has 1 saturated carbocycles. The Balaban J connectivity index is 0.721. The maximum absolute atomic E-state index is 14.7. The van der Waals surface area contributed by atoms with E-state index in [9.17, 15) is 33.5 Å². The van der Waals surface area contributed by atoms with Crippen molar-refractivity contribution >= 4 is 75.7 Å². The van der Waals surface area contributed by atoms with Crippen LogP contribution in [0.4, 0.5) is 38.9 Å². The predicted octanol–water partition coefficient (Wildman–Crippen LogP) is 6.93. The molecule has 5 amide bonds. The summed E-state index contributed by atoms with van der Waals surface area (Å²) in [4.78, 5) is 75.0. The van der Waals surface area contributed by atoms with E-state index in [0.717, 1.165) is 37.4 Å². The molecular weight excluding hydrogens is 841 g/mol. The van der Waals surface area contributed by atoms with Gasteiger partial charge in [0.2, 0.25) is 23.7 Å². The number of rotatable bonds is 12. The molecule has 15 nitrogen and oxygen atoms in total. The molecule has 0 radical (unpaired) electrons. The molecule has 4 aromatic carbocycles. The highest BCUT2D eigenvalue weighted by Gasteiger charge is 2.47. The number of imide groups is 1. The van der Waals surface area contributed by atoms with Gasteiger partial charge in [0, 0.05) is 59.8 Å². The average molecular weight is 886 g/mol. The molecule has 2 atom stereocenters. The number of halogens is 2. The highest BCUT2D eigenvalue weighted by Crippen LogP contribution is 2.53. The van der Waals surface area contributed by atoms with Gasteiger partial charge in [0.05, 0.1) is 23.3 Å². The Hall–Kier alpha value is -6.91. The number of nitrogens with zero attached hydrogens (tertiary/aromatic N) is 4. The van der Waals surface area contributed by atoms with Crippen LogP contribution in [0.25, 0.3) is 0 Å². The Morgan fingerprint density at radius 2 is 1.59 bits per heavy atom. The van der Waals surface area contributed by atoms with Gasteiger partial charge < -0.3 is 31.3 Å². The van der Waals surface area contributed by atoms with Crippen molar-refractivity contribution in [1.82, 2.24) is 25.1 Å². The van der Waals surface area contributed by atoms with Gasteiger partial charge in [-0.1, -0.05) is 41.9 Å². The molecule has 1 aliphatic carbocycles. The zero-order chi connectivity index (χ0) is 44.5. The lowest BCUT2D eigenvalue weighted by Gasteiger charge is -2.52. The fourth-order valence-electron chi connectivity index (χ4n) is 9.27. The van der Waals surface area contributed by atoms with Gasteiger partial charge >= 0.3 is 0 Å². The molecule has 4 aliphatic rings. The van der Waals surface area contributed by atoms with Crippen LogP contribution in [0.1, 0.15) is 76.6 Å². The predicted molar refractivity (Wildman–Crippen MR) is 238 cm³/mol. The monoisotopic (exact) mass is 885 g/mol. The van der Waals surface area contributed by atoms with E-state index in [2.05, 4.69) is 36.6 Å². The lowest BCUT2D eigenvalue weighted by Crippen LogP contribution is -2.53. The molecule has 9 rings (SSSR count). The van der Waals surface area contributed by atoms with Crippen molar-refractivity contribution in [2.75, 3.05) is 40.9 Å². The third-order valence-electron chi connectivity index (χ3n) is 12.7. The quantitative estimate of drug-likeness (QED) is 0.0711. The normalized spacial score (nSPS) is 19.1. The summed E-state index contributed by atoms with van der Waals surface area (Å²) in [5.74, 6) is -1.82. The van der Waals surface area contributed by atoms with Crippen LogP contribution in [0.15, 0.2) is 97.2 Å². The molecule has 1 spiro atoms. The molecule has 328 valence electrons. The molecule has 0 bridgehead atoms. The van der Waals surface area contributed by atoms with E-state index in [0.29, 0.717) is 70.0 Å². The second-order valence-electron chi connectivity index (χ2n) is 16.9. The van der Waals surface area contributed by atoms with Crippen LogP contribution in [-0.2, 0) is 20.8 Å². The molecular formula is C47H45ClFN9O6. The van der Waals surface area contributed by atoms with Crippen LogP contribution in [0, 0.1) is 17.2 Å². The number of aliphatic hydroxyl groups excluding tert-OH is 1. The van der Waals surface area contributed by atoms with Crippen molar-refractivity contribution in [3.63, 3.8) is 0 Å². The maximum Gasteiger partial charge on any atom is 0.257 e. The number of carbonyl (C=O) groups is 5. The third kappa shape index (κ3) is 8.83. The minimum atomic E-state index is -1.30. The summed E-state index contributed by atoms with van der Waals surface area (Å²) in [5, 5.41) is 26.2. The topological polar surface area (TPSA) is 198 Å². The minimum absolute atomic E-state index is 0.0541. The Morgan fingerprint density at radius 3 is 2.33 bits per heavy atom. The first kappa shape index (κ1) is 42.4. The molecule has 17 heteroatoms. The van der Waals surface area contributed by atoms with Crippen molar-refractivity contribution in [2.24, 2.45) is 11.3 Å². The van der Waals surface area contributed by atoms with Gasteiger partial charge in [-0.25, -0.2) is 9.37 Å². The van der Waals surface area contributed by atoms with Crippen molar-refractivity contribution in [2.45, 2.75) is 57.2 Å². The maximum atomic E-state index is 14.7. The van der Waals surface area contributed by atoms with Gasteiger partial charge in [-0.3, -0.25) is 34.2 Å². The molecule has 1 aromatic heterocycles. The summed E-state index contributed by atoms with van der Waals surface area (Å²) in [6.45, 7) is 2.05.